The van der Waals surface area contributed by atoms with Crippen LogP contribution in [0.15, 0.2) is 36.5 Å². The molecule has 0 aromatic carbocycles. The lowest BCUT2D eigenvalue weighted by Crippen LogP contribution is -2.39. The molecule has 0 atom stereocenters. The van der Waals surface area contributed by atoms with Crippen LogP contribution < -0.4 is 10.2 Å². The van der Waals surface area contributed by atoms with Crippen LogP contribution in [0.25, 0.3) is 5.57 Å². The summed E-state index contributed by atoms with van der Waals surface area (Å²) in [5.74, 6) is -2.48. The van der Waals surface area contributed by atoms with E-state index in [9.17, 15) is 26.7 Å². The summed E-state index contributed by atoms with van der Waals surface area (Å²) in [6.07, 6.45) is -1.95. The number of hydrogen-bond donors (Lipinski definition) is 1. The Morgan fingerprint density at radius 3 is 2.46 bits per heavy atom. The van der Waals surface area contributed by atoms with Crippen LogP contribution in [0.3, 0.4) is 0 Å². The van der Waals surface area contributed by atoms with Gasteiger partial charge in [0.15, 0.2) is 0 Å². The number of hydrogen-bond acceptors (Lipinski definition) is 6. The first-order chi connectivity index (χ1) is 17.2. The average Bonchev–Trinajstić information content (AvgIpc) is 3.17. The van der Waals surface area contributed by atoms with E-state index in [1.165, 1.54) is 4.90 Å². The number of ether oxygens (including phenoxy) is 1. The quantitative estimate of drug-likeness (QED) is 0.486. The van der Waals surface area contributed by atoms with E-state index in [-0.39, 0.29) is 30.4 Å². The van der Waals surface area contributed by atoms with Gasteiger partial charge in [-0.15, -0.1) is 0 Å². The number of alkyl halides is 5. The maximum absolute atomic E-state index is 13.9. The van der Waals surface area contributed by atoms with Gasteiger partial charge in [0.1, 0.15) is 23.1 Å². The average molecular weight is 526 g/mol. The highest BCUT2D eigenvalue weighted by molar-refractivity contribution is 5.75. The zero-order valence-corrected chi connectivity index (χ0v) is 20.7. The Morgan fingerprint density at radius 2 is 1.86 bits per heavy atom. The molecule has 200 valence electrons. The van der Waals surface area contributed by atoms with Crippen molar-refractivity contribution in [2.75, 3.05) is 36.4 Å². The van der Waals surface area contributed by atoms with Crippen molar-refractivity contribution in [3.05, 3.63) is 47.7 Å². The highest BCUT2D eigenvalue weighted by atomic mass is 19.4. The van der Waals surface area contributed by atoms with Crippen molar-refractivity contribution in [2.45, 2.75) is 51.3 Å². The number of carbonyl (C=O) groups is 1. The summed E-state index contributed by atoms with van der Waals surface area (Å²) in [7, 11) is 0. The second-order valence-electron chi connectivity index (χ2n) is 10.1. The summed E-state index contributed by atoms with van der Waals surface area (Å²) in [4.78, 5) is 23.7. The molecule has 37 heavy (non-hydrogen) atoms. The Balaban J connectivity index is 1.62. The third kappa shape index (κ3) is 6.86. The highest BCUT2D eigenvalue weighted by Gasteiger charge is 2.39. The van der Waals surface area contributed by atoms with E-state index >= 15 is 0 Å². The summed E-state index contributed by atoms with van der Waals surface area (Å²) >= 11 is 0. The standard InChI is InChI=1S/C25H28F5N5O2/c1-23(2,3)37-22(36)34-9-5-16(6-10-34)17-12-20(32-19-14-18(4-8-31-19)25(28,29)30)33-21(13-17)35-11-7-24(26,27)15-35/h4-5,8,12-14H,6-7,9-11,15H2,1-3H3,(H,31,32,33). The molecule has 7 nitrogen and oxygen atoms in total. The van der Waals surface area contributed by atoms with Crippen LogP contribution in [0.4, 0.5) is 44.2 Å². The molecule has 12 heteroatoms. The van der Waals surface area contributed by atoms with Gasteiger partial charge in [-0.2, -0.15) is 13.2 Å². The fraction of sp³-hybridized carbons (Fsp3) is 0.480. The van der Waals surface area contributed by atoms with Gasteiger partial charge in [-0.05, 0) is 62.6 Å². The lowest BCUT2D eigenvalue weighted by molar-refractivity contribution is -0.137. The van der Waals surface area contributed by atoms with Crippen molar-refractivity contribution in [3.63, 3.8) is 0 Å². The summed E-state index contributed by atoms with van der Waals surface area (Å²) < 4.78 is 72.7. The van der Waals surface area contributed by atoms with Crippen molar-refractivity contribution in [3.8, 4) is 0 Å². The van der Waals surface area contributed by atoms with Gasteiger partial charge in [0, 0.05) is 32.3 Å². The highest BCUT2D eigenvalue weighted by Crippen LogP contribution is 2.35. The van der Waals surface area contributed by atoms with Crippen molar-refractivity contribution in [1.29, 1.82) is 0 Å². The molecule has 2 aromatic rings. The van der Waals surface area contributed by atoms with Gasteiger partial charge in [0.05, 0.1) is 12.1 Å². The van der Waals surface area contributed by atoms with Crippen molar-refractivity contribution >= 4 is 29.1 Å². The molecule has 0 spiro atoms. The van der Waals surface area contributed by atoms with Crippen LogP contribution in [0, 0.1) is 0 Å². The number of pyridine rings is 2. The summed E-state index contributed by atoms with van der Waals surface area (Å²) in [5.41, 5.74) is 0.0162. The minimum atomic E-state index is -4.55. The topological polar surface area (TPSA) is 70.6 Å². The third-order valence-electron chi connectivity index (χ3n) is 5.88. The van der Waals surface area contributed by atoms with E-state index in [4.69, 9.17) is 4.74 Å². The lowest BCUT2D eigenvalue weighted by Gasteiger charge is -2.30. The van der Waals surface area contributed by atoms with Crippen LogP contribution in [0.5, 0.6) is 0 Å². The first-order valence-electron chi connectivity index (χ1n) is 11.8. The summed E-state index contributed by atoms with van der Waals surface area (Å²) in [6, 6.07) is 5.03. The summed E-state index contributed by atoms with van der Waals surface area (Å²) in [6.45, 7) is 5.62. The molecular weight excluding hydrogens is 497 g/mol. The molecule has 1 N–H and O–H groups in total. The second kappa shape index (κ2) is 9.79. The monoisotopic (exact) mass is 525 g/mol. The van der Waals surface area contributed by atoms with Gasteiger partial charge in [0.25, 0.3) is 5.92 Å². The molecule has 2 aliphatic heterocycles. The summed E-state index contributed by atoms with van der Waals surface area (Å²) in [5, 5.41) is 2.79. The molecular formula is C25H28F5N5O2. The van der Waals surface area contributed by atoms with E-state index in [2.05, 4.69) is 15.3 Å². The molecule has 0 radical (unpaired) electrons. The number of aromatic nitrogens is 2. The first-order valence-corrected chi connectivity index (χ1v) is 11.8. The Bertz CT molecular complexity index is 1190. The van der Waals surface area contributed by atoms with Gasteiger partial charge < -0.3 is 19.9 Å². The van der Waals surface area contributed by atoms with Gasteiger partial charge >= 0.3 is 12.3 Å². The van der Waals surface area contributed by atoms with Crippen LogP contribution in [0.2, 0.25) is 0 Å². The smallest absolute Gasteiger partial charge is 0.416 e. The minimum Gasteiger partial charge on any atom is -0.444 e. The Hall–Kier alpha value is -3.44. The Kier molecular flexibility index (Phi) is 7.04. The Morgan fingerprint density at radius 1 is 1.11 bits per heavy atom. The van der Waals surface area contributed by atoms with E-state index < -0.39 is 35.9 Å². The number of nitrogens with zero attached hydrogens (tertiary/aromatic N) is 4. The predicted molar refractivity (Wildman–Crippen MR) is 129 cm³/mol. The van der Waals surface area contributed by atoms with E-state index in [0.29, 0.717) is 25.1 Å². The maximum Gasteiger partial charge on any atom is 0.416 e. The van der Waals surface area contributed by atoms with Gasteiger partial charge in [-0.3, -0.25) is 0 Å². The van der Waals surface area contributed by atoms with Gasteiger partial charge in [-0.1, -0.05) is 6.08 Å². The number of amides is 1. The zero-order valence-electron chi connectivity index (χ0n) is 20.7. The molecule has 4 heterocycles. The SMILES string of the molecule is CC(C)(C)OC(=O)N1CC=C(c2cc(Nc3cc(C(F)(F)F)ccn3)nc(N3CCC(F)(F)C3)c2)CC1. The van der Waals surface area contributed by atoms with Crippen LogP contribution >= 0.6 is 0 Å². The number of halogens is 5. The maximum atomic E-state index is 13.9. The molecule has 1 fully saturated rings. The van der Waals surface area contributed by atoms with E-state index in [1.807, 2.05) is 6.08 Å². The van der Waals surface area contributed by atoms with Crippen LogP contribution in [0.1, 0.15) is 44.7 Å². The molecule has 4 rings (SSSR count). The number of nitrogens with one attached hydrogen (secondary N) is 1. The second-order valence-corrected chi connectivity index (χ2v) is 10.1. The largest absolute Gasteiger partial charge is 0.444 e. The van der Waals surface area contributed by atoms with Crippen LogP contribution in [-0.2, 0) is 10.9 Å². The zero-order chi connectivity index (χ0) is 27.0. The Labute approximate surface area is 211 Å². The predicted octanol–water partition coefficient (Wildman–Crippen LogP) is 6.11. The van der Waals surface area contributed by atoms with E-state index in [1.54, 1.807) is 37.8 Å². The molecule has 0 bridgehead atoms. The fourth-order valence-corrected chi connectivity index (χ4v) is 4.09. The number of rotatable bonds is 4. The normalized spacial score (nSPS) is 18.0. The van der Waals surface area contributed by atoms with Crippen molar-refractivity contribution in [2.24, 2.45) is 0 Å². The van der Waals surface area contributed by atoms with Crippen LogP contribution in [-0.4, -0.2) is 58.7 Å². The number of anilines is 3. The molecule has 0 aliphatic carbocycles. The van der Waals surface area contributed by atoms with Gasteiger partial charge in [-0.25, -0.2) is 23.5 Å². The third-order valence-corrected chi connectivity index (χ3v) is 5.88. The molecule has 0 saturated carbocycles. The molecule has 0 unspecified atom stereocenters. The fourth-order valence-electron chi connectivity index (χ4n) is 4.09. The first kappa shape index (κ1) is 26.6. The molecule has 2 aliphatic rings. The van der Waals surface area contributed by atoms with E-state index in [0.717, 1.165) is 23.9 Å². The van der Waals surface area contributed by atoms with Crippen molar-refractivity contribution in [1.82, 2.24) is 14.9 Å². The molecule has 1 amide bonds. The lowest BCUT2D eigenvalue weighted by atomic mass is 10.00. The molecule has 2 aromatic heterocycles. The minimum absolute atomic E-state index is 0.0779. The molecule has 1 saturated heterocycles. The van der Waals surface area contributed by atoms with Gasteiger partial charge in [0.2, 0.25) is 0 Å². The van der Waals surface area contributed by atoms with Crippen molar-refractivity contribution < 1.29 is 31.5 Å². The number of carbonyl (C=O) groups excluding carboxylic acids is 1.